The van der Waals surface area contributed by atoms with Crippen LogP contribution in [0.2, 0.25) is 0 Å². The molecule has 0 atom stereocenters. The summed E-state index contributed by atoms with van der Waals surface area (Å²) in [6.45, 7) is 3.61. The lowest BCUT2D eigenvalue weighted by Gasteiger charge is -2.06. The fourth-order valence-electron chi connectivity index (χ4n) is 2.18. The van der Waals surface area contributed by atoms with Crippen molar-refractivity contribution >= 4 is 24.1 Å². The largest absolute Gasteiger partial charge is 0.343 e. The summed E-state index contributed by atoms with van der Waals surface area (Å²) in [7, 11) is 0. The standard InChI is InChI=1S/C20H21N3O2/c1-15(12-17-9-4-3-5-10-17)13-22-23-19(24)14-21-20(25)18-11-7-6-8-16(18)2/h3-13H,14H2,1-2H3,(H,21,25)(H,23,24). The van der Waals surface area contributed by atoms with Crippen molar-refractivity contribution in [1.29, 1.82) is 0 Å². The van der Waals surface area contributed by atoms with E-state index >= 15 is 0 Å². The van der Waals surface area contributed by atoms with Crippen LogP contribution in [0, 0.1) is 6.92 Å². The molecule has 0 aliphatic carbocycles. The van der Waals surface area contributed by atoms with Gasteiger partial charge in [-0.1, -0.05) is 54.6 Å². The third kappa shape index (κ3) is 6.06. The highest BCUT2D eigenvalue weighted by molar-refractivity contribution is 5.97. The van der Waals surface area contributed by atoms with Gasteiger partial charge < -0.3 is 5.32 Å². The number of nitrogens with one attached hydrogen (secondary N) is 2. The molecule has 0 radical (unpaired) electrons. The van der Waals surface area contributed by atoms with Crippen LogP contribution >= 0.6 is 0 Å². The van der Waals surface area contributed by atoms with Crippen LogP contribution in [0.3, 0.4) is 0 Å². The molecule has 5 heteroatoms. The van der Waals surface area contributed by atoms with Gasteiger partial charge in [-0.25, -0.2) is 5.43 Å². The van der Waals surface area contributed by atoms with Crippen molar-refractivity contribution in [2.45, 2.75) is 13.8 Å². The first-order chi connectivity index (χ1) is 12.1. The van der Waals surface area contributed by atoms with Gasteiger partial charge in [-0.05, 0) is 36.6 Å². The van der Waals surface area contributed by atoms with E-state index in [9.17, 15) is 9.59 Å². The van der Waals surface area contributed by atoms with E-state index in [1.807, 2.05) is 62.4 Å². The molecule has 2 N–H and O–H groups in total. The summed E-state index contributed by atoms with van der Waals surface area (Å²) in [5, 5.41) is 6.47. The van der Waals surface area contributed by atoms with Gasteiger partial charge in [0.2, 0.25) is 0 Å². The zero-order chi connectivity index (χ0) is 18.1. The number of carbonyl (C=O) groups excluding carboxylic acids is 2. The van der Waals surface area contributed by atoms with Crippen LogP contribution in [-0.4, -0.2) is 24.6 Å². The van der Waals surface area contributed by atoms with Crippen LogP contribution in [0.1, 0.15) is 28.4 Å². The minimum atomic E-state index is -0.384. The number of rotatable bonds is 6. The molecule has 2 amide bonds. The lowest BCUT2D eigenvalue weighted by Crippen LogP contribution is -2.35. The van der Waals surface area contributed by atoms with Gasteiger partial charge in [-0.2, -0.15) is 5.10 Å². The highest BCUT2D eigenvalue weighted by Crippen LogP contribution is 2.06. The summed E-state index contributed by atoms with van der Waals surface area (Å²) < 4.78 is 0. The fraction of sp³-hybridized carbons (Fsp3) is 0.150. The van der Waals surface area contributed by atoms with Crippen LogP contribution < -0.4 is 10.7 Å². The van der Waals surface area contributed by atoms with Gasteiger partial charge in [0.25, 0.3) is 11.8 Å². The van der Waals surface area contributed by atoms with Gasteiger partial charge in [0, 0.05) is 5.56 Å². The molecule has 2 aromatic rings. The molecule has 0 fully saturated rings. The maximum absolute atomic E-state index is 12.0. The van der Waals surface area contributed by atoms with Crippen molar-refractivity contribution < 1.29 is 9.59 Å². The molecular weight excluding hydrogens is 314 g/mol. The molecule has 0 saturated carbocycles. The fourth-order valence-corrected chi connectivity index (χ4v) is 2.18. The average Bonchev–Trinajstić information content (AvgIpc) is 2.61. The maximum atomic E-state index is 12.0. The molecule has 0 heterocycles. The minimum Gasteiger partial charge on any atom is -0.343 e. The van der Waals surface area contributed by atoms with E-state index in [-0.39, 0.29) is 18.4 Å². The first kappa shape index (κ1) is 18.1. The summed E-state index contributed by atoms with van der Waals surface area (Å²) in [6, 6.07) is 17.0. The summed E-state index contributed by atoms with van der Waals surface area (Å²) in [6.07, 6.45) is 3.52. The Morgan fingerprint density at radius 3 is 2.44 bits per heavy atom. The summed E-state index contributed by atoms with van der Waals surface area (Å²) in [4.78, 5) is 23.8. The molecule has 0 unspecified atom stereocenters. The van der Waals surface area contributed by atoms with E-state index < -0.39 is 0 Å². The molecular formula is C20H21N3O2. The first-order valence-electron chi connectivity index (χ1n) is 7.95. The monoisotopic (exact) mass is 335 g/mol. The Bertz CT molecular complexity index is 796. The van der Waals surface area contributed by atoms with Crippen molar-refractivity contribution in [2.75, 3.05) is 6.54 Å². The lowest BCUT2D eigenvalue weighted by molar-refractivity contribution is -0.120. The molecule has 2 aromatic carbocycles. The summed E-state index contributed by atoms with van der Waals surface area (Å²) in [5.41, 5.74) is 5.77. The highest BCUT2D eigenvalue weighted by atomic mass is 16.2. The molecule has 128 valence electrons. The summed E-state index contributed by atoms with van der Waals surface area (Å²) in [5.74, 6) is -0.664. The van der Waals surface area contributed by atoms with Gasteiger partial charge in [-0.3, -0.25) is 9.59 Å². The van der Waals surface area contributed by atoms with Crippen molar-refractivity contribution in [3.63, 3.8) is 0 Å². The second-order valence-corrected chi connectivity index (χ2v) is 5.59. The molecule has 5 nitrogen and oxygen atoms in total. The van der Waals surface area contributed by atoms with Gasteiger partial charge in [0.05, 0.1) is 12.8 Å². The van der Waals surface area contributed by atoms with Gasteiger partial charge in [0.15, 0.2) is 0 Å². The molecule has 25 heavy (non-hydrogen) atoms. The number of carbonyl (C=O) groups is 2. The summed E-state index contributed by atoms with van der Waals surface area (Å²) >= 11 is 0. The second-order valence-electron chi connectivity index (χ2n) is 5.59. The Labute approximate surface area is 147 Å². The number of aryl methyl sites for hydroxylation is 1. The van der Waals surface area contributed by atoms with Crippen LogP contribution in [0.4, 0.5) is 0 Å². The third-order valence-corrected chi connectivity index (χ3v) is 3.45. The molecule has 0 bridgehead atoms. The SMILES string of the molecule is CC(C=NNC(=O)CNC(=O)c1ccccc1C)=Cc1ccccc1. The van der Waals surface area contributed by atoms with Crippen LogP contribution in [0.5, 0.6) is 0 Å². The number of hydrazone groups is 1. The zero-order valence-electron chi connectivity index (χ0n) is 14.3. The molecule has 0 spiro atoms. The van der Waals surface area contributed by atoms with Crippen LogP contribution in [0.15, 0.2) is 65.3 Å². The second kappa shape index (κ2) is 9.17. The minimum absolute atomic E-state index is 0.133. The van der Waals surface area contributed by atoms with E-state index in [0.717, 1.165) is 16.7 Å². The molecule has 2 rings (SSSR count). The van der Waals surface area contributed by atoms with Crippen LogP contribution in [0.25, 0.3) is 6.08 Å². The Hall–Kier alpha value is -3.21. The average molecular weight is 335 g/mol. The Kier molecular flexibility index (Phi) is 6.65. The van der Waals surface area contributed by atoms with E-state index in [4.69, 9.17) is 0 Å². The number of allylic oxidation sites excluding steroid dienone is 1. The Morgan fingerprint density at radius 2 is 1.72 bits per heavy atom. The van der Waals surface area contributed by atoms with Gasteiger partial charge in [-0.15, -0.1) is 0 Å². The number of hydrogen-bond acceptors (Lipinski definition) is 3. The Balaban J connectivity index is 1.80. The molecule has 0 aliphatic rings. The third-order valence-electron chi connectivity index (χ3n) is 3.45. The van der Waals surface area contributed by atoms with Gasteiger partial charge >= 0.3 is 0 Å². The Morgan fingerprint density at radius 1 is 1.04 bits per heavy atom. The van der Waals surface area contributed by atoms with Crippen molar-refractivity contribution in [1.82, 2.24) is 10.7 Å². The molecule has 0 aliphatic heterocycles. The van der Waals surface area contributed by atoms with E-state index in [1.165, 1.54) is 0 Å². The number of hydrogen-bond donors (Lipinski definition) is 2. The number of amides is 2. The van der Waals surface area contributed by atoms with E-state index in [2.05, 4.69) is 15.8 Å². The molecule has 0 saturated heterocycles. The van der Waals surface area contributed by atoms with Crippen molar-refractivity contribution in [3.8, 4) is 0 Å². The first-order valence-corrected chi connectivity index (χ1v) is 7.95. The van der Waals surface area contributed by atoms with E-state index in [1.54, 1.807) is 18.3 Å². The topological polar surface area (TPSA) is 70.6 Å². The number of nitrogens with zero attached hydrogens (tertiary/aromatic N) is 1. The van der Waals surface area contributed by atoms with Crippen molar-refractivity contribution in [2.24, 2.45) is 5.10 Å². The number of benzene rings is 2. The predicted molar refractivity (Wildman–Crippen MR) is 100 cm³/mol. The predicted octanol–water partition coefficient (Wildman–Crippen LogP) is 2.93. The van der Waals surface area contributed by atoms with Gasteiger partial charge in [0.1, 0.15) is 0 Å². The smallest absolute Gasteiger partial charge is 0.259 e. The normalized spacial score (nSPS) is 11.4. The zero-order valence-corrected chi connectivity index (χ0v) is 14.3. The van der Waals surface area contributed by atoms with E-state index in [0.29, 0.717) is 5.56 Å². The van der Waals surface area contributed by atoms with Crippen molar-refractivity contribution in [3.05, 3.63) is 76.9 Å². The lowest BCUT2D eigenvalue weighted by atomic mass is 10.1. The van der Waals surface area contributed by atoms with Crippen LogP contribution in [-0.2, 0) is 4.79 Å². The molecule has 0 aromatic heterocycles. The highest BCUT2D eigenvalue weighted by Gasteiger charge is 2.09. The maximum Gasteiger partial charge on any atom is 0.259 e. The quantitative estimate of drug-likeness (QED) is 0.629.